The molecule has 0 aliphatic carbocycles. The van der Waals surface area contributed by atoms with E-state index in [2.05, 4.69) is 5.32 Å². The Morgan fingerprint density at radius 3 is 3.25 bits per heavy atom. The van der Waals surface area contributed by atoms with Crippen molar-refractivity contribution < 1.29 is 14.3 Å². The molecule has 0 saturated heterocycles. The van der Waals surface area contributed by atoms with Crippen LogP contribution in [0.2, 0.25) is 5.02 Å². The van der Waals surface area contributed by atoms with Gasteiger partial charge in [0.05, 0.1) is 12.3 Å². The summed E-state index contributed by atoms with van der Waals surface area (Å²) in [7, 11) is 0. The van der Waals surface area contributed by atoms with Gasteiger partial charge in [-0.1, -0.05) is 11.6 Å². The Balaban J connectivity index is 2.13. The highest BCUT2D eigenvalue weighted by Crippen LogP contribution is 2.31. The highest BCUT2D eigenvalue weighted by Gasteiger charge is 2.26. The number of hydrogen-bond acceptors (Lipinski definition) is 4. The van der Waals surface area contributed by atoms with Crippen molar-refractivity contribution in [3.63, 3.8) is 0 Å². The first kappa shape index (κ1) is 11.1. The van der Waals surface area contributed by atoms with E-state index >= 15 is 0 Å². The van der Waals surface area contributed by atoms with E-state index in [0.29, 0.717) is 17.4 Å². The monoisotopic (exact) mass is 241 g/mol. The average molecular weight is 242 g/mol. The van der Waals surface area contributed by atoms with Crippen LogP contribution >= 0.6 is 11.6 Å². The van der Waals surface area contributed by atoms with E-state index in [1.54, 1.807) is 25.1 Å². The van der Waals surface area contributed by atoms with Gasteiger partial charge in [-0.2, -0.15) is 0 Å². The van der Waals surface area contributed by atoms with Crippen molar-refractivity contribution >= 4 is 23.3 Å². The van der Waals surface area contributed by atoms with E-state index in [1.165, 1.54) is 0 Å². The second-order valence-electron chi connectivity index (χ2n) is 3.40. The molecule has 0 aromatic heterocycles. The zero-order chi connectivity index (χ0) is 11.5. The van der Waals surface area contributed by atoms with Crippen molar-refractivity contribution in [3.05, 3.63) is 23.2 Å². The summed E-state index contributed by atoms with van der Waals surface area (Å²) in [6, 6.07) is 4.77. The molecule has 1 aromatic carbocycles. The first-order valence-electron chi connectivity index (χ1n) is 5.06. The molecule has 0 bridgehead atoms. The fourth-order valence-corrected chi connectivity index (χ4v) is 1.69. The number of benzene rings is 1. The quantitative estimate of drug-likeness (QED) is 0.806. The minimum atomic E-state index is -0.467. The number of fused-ring (bicyclic) bond motifs is 1. The Hall–Kier alpha value is -1.42. The Labute approximate surface area is 98.5 Å². The van der Waals surface area contributed by atoms with Gasteiger partial charge in [-0.3, -0.25) is 0 Å². The van der Waals surface area contributed by atoms with Gasteiger partial charge in [0.1, 0.15) is 12.4 Å². The molecule has 0 spiro atoms. The molecule has 5 heteroatoms. The summed E-state index contributed by atoms with van der Waals surface area (Å²) in [5.41, 5.74) is 0.719. The summed E-state index contributed by atoms with van der Waals surface area (Å²) in [6.07, 6.45) is 0. The maximum absolute atomic E-state index is 11.5. The third-order valence-electron chi connectivity index (χ3n) is 2.25. The number of esters is 1. The molecule has 2 rings (SSSR count). The molecular formula is C11H12ClNO3. The van der Waals surface area contributed by atoms with Gasteiger partial charge in [-0.25, -0.2) is 4.79 Å². The third kappa shape index (κ3) is 2.22. The number of carbonyl (C=O) groups is 1. The molecule has 1 N–H and O–H groups in total. The third-order valence-corrected chi connectivity index (χ3v) is 2.48. The van der Waals surface area contributed by atoms with Gasteiger partial charge in [-0.05, 0) is 25.1 Å². The van der Waals surface area contributed by atoms with Crippen LogP contribution in [0, 0.1) is 0 Å². The van der Waals surface area contributed by atoms with Crippen LogP contribution < -0.4 is 10.1 Å². The van der Waals surface area contributed by atoms with Gasteiger partial charge >= 0.3 is 5.97 Å². The van der Waals surface area contributed by atoms with Gasteiger partial charge in [0.2, 0.25) is 0 Å². The molecule has 0 radical (unpaired) electrons. The summed E-state index contributed by atoms with van der Waals surface area (Å²) in [6.45, 7) is 2.40. The van der Waals surface area contributed by atoms with Crippen LogP contribution in [0.5, 0.6) is 5.75 Å². The number of hydrogen-bond donors (Lipinski definition) is 1. The van der Waals surface area contributed by atoms with Crippen molar-refractivity contribution in [1.82, 2.24) is 0 Å². The molecule has 4 nitrogen and oxygen atoms in total. The average Bonchev–Trinajstić information content (AvgIpc) is 2.28. The lowest BCUT2D eigenvalue weighted by atomic mass is 10.2. The highest BCUT2D eigenvalue weighted by atomic mass is 35.5. The molecule has 1 aliphatic heterocycles. The second kappa shape index (κ2) is 4.61. The molecule has 1 heterocycles. The van der Waals surface area contributed by atoms with Crippen LogP contribution in [0.15, 0.2) is 18.2 Å². The van der Waals surface area contributed by atoms with Crippen molar-refractivity contribution in [2.24, 2.45) is 0 Å². The lowest BCUT2D eigenvalue weighted by Gasteiger charge is -2.25. The summed E-state index contributed by atoms with van der Waals surface area (Å²) in [5.74, 6) is 0.387. The minimum absolute atomic E-state index is 0.271. The SMILES string of the molecule is CCOC(=O)C1COc2ccc(Cl)cc2N1. The maximum Gasteiger partial charge on any atom is 0.332 e. The first-order chi connectivity index (χ1) is 7.70. The fraction of sp³-hybridized carbons (Fsp3) is 0.364. The number of carbonyl (C=O) groups excluding carboxylic acids is 1. The number of halogens is 1. The van der Waals surface area contributed by atoms with E-state index < -0.39 is 6.04 Å². The predicted octanol–water partition coefficient (Wildman–Crippen LogP) is 2.08. The highest BCUT2D eigenvalue weighted by molar-refractivity contribution is 6.31. The van der Waals surface area contributed by atoms with Crippen LogP contribution in [0.1, 0.15) is 6.92 Å². The van der Waals surface area contributed by atoms with E-state index in [4.69, 9.17) is 21.1 Å². The zero-order valence-electron chi connectivity index (χ0n) is 8.83. The van der Waals surface area contributed by atoms with Crippen LogP contribution in [-0.2, 0) is 9.53 Å². The van der Waals surface area contributed by atoms with Gasteiger partial charge in [0.15, 0.2) is 6.04 Å². The summed E-state index contributed by atoms with van der Waals surface area (Å²) >= 11 is 5.85. The second-order valence-corrected chi connectivity index (χ2v) is 3.84. The van der Waals surface area contributed by atoms with Gasteiger partial charge in [0, 0.05) is 5.02 Å². The standard InChI is InChI=1S/C11H12ClNO3/c1-2-15-11(14)9-6-16-10-4-3-7(12)5-8(10)13-9/h3-5,9,13H,2,6H2,1H3. The number of anilines is 1. The van der Waals surface area contributed by atoms with Gasteiger partial charge < -0.3 is 14.8 Å². The lowest BCUT2D eigenvalue weighted by Crippen LogP contribution is -2.39. The molecule has 0 fully saturated rings. The smallest absolute Gasteiger partial charge is 0.332 e. The summed E-state index contributed by atoms with van der Waals surface area (Å²) in [4.78, 5) is 11.5. The van der Waals surface area contributed by atoms with Gasteiger partial charge in [-0.15, -0.1) is 0 Å². The summed E-state index contributed by atoms with van der Waals surface area (Å²) < 4.78 is 10.3. The predicted molar refractivity (Wildman–Crippen MR) is 61.0 cm³/mol. The number of ether oxygens (including phenoxy) is 2. The molecule has 0 amide bonds. The zero-order valence-corrected chi connectivity index (χ0v) is 9.58. The van der Waals surface area contributed by atoms with Crippen molar-refractivity contribution in [1.29, 1.82) is 0 Å². The molecule has 16 heavy (non-hydrogen) atoms. The summed E-state index contributed by atoms with van der Waals surface area (Å²) in [5, 5.41) is 3.64. The maximum atomic E-state index is 11.5. The lowest BCUT2D eigenvalue weighted by molar-refractivity contribution is -0.144. The Morgan fingerprint density at radius 1 is 1.69 bits per heavy atom. The Bertz CT molecular complexity index is 408. The molecular weight excluding hydrogens is 230 g/mol. The molecule has 1 aromatic rings. The van der Waals surface area contributed by atoms with Crippen LogP contribution in [0.25, 0.3) is 0 Å². The Kier molecular flexibility index (Phi) is 3.19. The van der Waals surface area contributed by atoms with E-state index in [1.807, 2.05) is 0 Å². The first-order valence-corrected chi connectivity index (χ1v) is 5.44. The Morgan fingerprint density at radius 2 is 2.50 bits per heavy atom. The number of nitrogens with one attached hydrogen (secondary N) is 1. The van der Waals surface area contributed by atoms with Crippen molar-refractivity contribution in [2.45, 2.75) is 13.0 Å². The molecule has 1 unspecified atom stereocenters. The number of rotatable bonds is 2. The normalized spacial score (nSPS) is 18.0. The molecule has 86 valence electrons. The van der Waals surface area contributed by atoms with Gasteiger partial charge in [0.25, 0.3) is 0 Å². The topological polar surface area (TPSA) is 47.6 Å². The van der Waals surface area contributed by atoms with E-state index in [9.17, 15) is 4.79 Å². The minimum Gasteiger partial charge on any atom is -0.489 e. The van der Waals surface area contributed by atoms with Crippen LogP contribution in [0.4, 0.5) is 5.69 Å². The van der Waals surface area contributed by atoms with Crippen molar-refractivity contribution in [3.8, 4) is 5.75 Å². The van der Waals surface area contributed by atoms with E-state index in [0.717, 1.165) is 5.69 Å². The fourth-order valence-electron chi connectivity index (χ4n) is 1.51. The van der Waals surface area contributed by atoms with Crippen LogP contribution in [0.3, 0.4) is 0 Å². The largest absolute Gasteiger partial charge is 0.489 e. The molecule has 0 saturated carbocycles. The molecule has 1 atom stereocenters. The molecule has 1 aliphatic rings. The van der Waals surface area contributed by atoms with E-state index in [-0.39, 0.29) is 12.6 Å². The van der Waals surface area contributed by atoms with Crippen LogP contribution in [-0.4, -0.2) is 25.2 Å². The van der Waals surface area contributed by atoms with Crippen molar-refractivity contribution in [2.75, 3.05) is 18.5 Å².